The van der Waals surface area contributed by atoms with Crippen molar-refractivity contribution in [2.75, 3.05) is 0 Å². The number of carbonyl (C=O) groups is 2. The zero-order chi connectivity index (χ0) is 15.0. The summed E-state index contributed by atoms with van der Waals surface area (Å²) in [6.45, 7) is 1.75. The first-order valence-corrected chi connectivity index (χ1v) is 7.63. The summed E-state index contributed by atoms with van der Waals surface area (Å²) in [6, 6.07) is 8.11. The number of aryl methyl sites for hydroxylation is 1. The molecule has 2 N–H and O–H groups in total. The Kier molecular flexibility index (Phi) is 3.47. The van der Waals surface area contributed by atoms with Crippen molar-refractivity contribution in [1.82, 2.24) is 5.32 Å². The zero-order valence-corrected chi connectivity index (χ0v) is 12.3. The van der Waals surface area contributed by atoms with Crippen molar-refractivity contribution in [3.05, 3.63) is 35.4 Å². The van der Waals surface area contributed by atoms with Crippen molar-refractivity contribution in [2.45, 2.75) is 50.5 Å². The van der Waals surface area contributed by atoms with Crippen LogP contribution in [0.4, 0.5) is 0 Å². The average Bonchev–Trinajstić information content (AvgIpc) is 3.13. The minimum absolute atomic E-state index is 0.00944. The van der Waals surface area contributed by atoms with E-state index in [0.29, 0.717) is 0 Å². The molecule has 0 aromatic heterocycles. The van der Waals surface area contributed by atoms with E-state index in [1.54, 1.807) is 6.92 Å². The average molecular weight is 287 g/mol. The van der Waals surface area contributed by atoms with Crippen LogP contribution < -0.4 is 5.32 Å². The summed E-state index contributed by atoms with van der Waals surface area (Å²) in [7, 11) is 0. The molecular weight excluding hydrogens is 266 g/mol. The first-order valence-electron chi connectivity index (χ1n) is 7.63. The summed E-state index contributed by atoms with van der Waals surface area (Å²) in [5.41, 5.74) is 2.72. The normalized spacial score (nSPS) is 27.8. The Morgan fingerprint density at radius 1 is 1.43 bits per heavy atom. The molecule has 3 unspecified atom stereocenters. The molecule has 21 heavy (non-hydrogen) atoms. The minimum atomic E-state index is -0.878. The number of hydrogen-bond donors (Lipinski definition) is 2. The van der Waals surface area contributed by atoms with Crippen LogP contribution in [0.2, 0.25) is 0 Å². The van der Waals surface area contributed by atoms with Crippen LogP contribution in [0.5, 0.6) is 0 Å². The number of fused-ring (bicyclic) bond motifs is 2. The number of carbonyl (C=O) groups excluding carboxylic acids is 1. The van der Waals surface area contributed by atoms with Crippen molar-refractivity contribution >= 4 is 11.9 Å². The summed E-state index contributed by atoms with van der Waals surface area (Å²) in [6.07, 6.45) is 4.17. The molecule has 4 nitrogen and oxygen atoms in total. The van der Waals surface area contributed by atoms with Gasteiger partial charge in [0.15, 0.2) is 0 Å². The zero-order valence-electron chi connectivity index (χ0n) is 12.3. The van der Waals surface area contributed by atoms with Gasteiger partial charge in [0.05, 0.1) is 6.42 Å². The molecule has 0 heterocycles. The highest BCUT2D eigenvalue weighted by atomic mass is 16.4. The lowest BCUT2D eigenvalue weighted by Gasteiger charge is -2.26. The summed E-state index contributed by atoms with van der Waals surface area (Å²) < 4.78 is 0. The van der Waals surface area contributed by atoms with Crippen molar-refractivity contribution in [2.24, 2.45) is 5.92 Å². The van der Waals surface area contributed by atoms with Crippen LogP contribution in [0.3, 0.4) is 0 Å². The van der Waals surface area contributed by atoms with E-state index in [1.165, 1.54) is 11.1 Å². The van der Waals surface area contributed by atoms with E-state index in [2.05, 4.69) is 23.5 Å². The summed E-state index contributed by atoms with van der Waals surface area (Å²) in [4.78, 5) is 23.1. The number of rotatable bonds is 4. The smallest absolute Gasteiger partial charge is 0.305 e. The predicted molar refractivity (Wildman–Crippen MR) is 79.0 cm³/mol. The molecule has 1 amide bonds. The molecular formula is C17H21NO3. The number of aliphatic carboxylic acids is 1. The van der Waals surface area contributed by atoms with Gasteiger partial charge >= 0.3 is 5.97 Å². The summed E-state index contributed by atoms with van der Waals surface area (Å²) in [5, 5.41) is 11.6. The second kappa shape index (κ2) is 5.17. The maximum atomic E-state index is 12.4. The SMILES string of the molecule is CC(CC(=O)O)NC(=O)C1CC12CCCc1ccccc12. The first kappa shape index (κ1) is 14.1. The van der Waals surface area contributed by atoms with Gasteiger partial charge in [-0.1, -0.05) is 24.3 Å². The monoisotopic (exact) mass is 287 g/mol. The topological polar surface area (TPSA) is 66.4 Å². The van der Waals surface area contributed by atoms with E-state index in [1.807, 2.05) is 6.07 Å². The molecule has 0 saturated heterocycles. The van der Waals surface area contributed by atoms with Gasteiger partial charge in [-0.25, -0.2) is 0 Å². The molecule has 4 heteroatoms. The van der Waals surface area contributed by atoms with Crippen LogP contribution in [0.15, 0.2) is 24.3 Å². The molecule has 0 radical (unpaired) electrons. The molecule has 2 aliphatic rings. The quantitative estimate of drug-likeness (QED) is 0.892. The highest BCUT2D eigenvalue weighted by Crippen LogP contribution is 2.60. The minimum Gasteiger partial charge on any atom is -0.481 e. The number of benzene rings is 1. The molecule has 0 aliphatic heterocycles. The van der Waals surface area contributed by atoms with Crippen LogP contribution >= 0.6 is 0 Å². The Balaban J connectivity index is 1.71. The Morgan fingerprint density at radius 3 is 2.95 bits per heavy atom. The predicted octanol–water partition coefficient (Wildman–Crippen LogP) is 2.26. The van der Waals surface area contributed by atoms with Crippen molar-refractivity contribution in [3.8, 4) is 0 Å². The van der Waals surface area contributed by atoms with Gasteiger partial charge in [0.1, 0.15) is 0 Å². The van der Waals surface area contributed by atoms with E-state index >= 15 is 0 Å². The van der Waals surface area contributed by atoms with Gasteiger partial charge < -0.3 is 10.4 Å². The van der Waals surface area contributed by atoms with Gasteiger partial charge in [-0.2, -0.15) is 0 Å². The van der Waals surface area contributed by atoms with E-state index in [4.69, 9.17) is 5.11 Å². The molecule has 1 fully saturated rings. The number of hydrogen-bond acceptors (Lipinski definition) is 2. The van der Waals surface area contributed by atoms with Gasteiger partial charge in [-0.15, -0.1) is 0 Å². The van der Waals surface area contributed by atoms with Crippen LogP contribution in [0.25, 0.3) is 0 Å². The largest absolute Gasteiger partial charge is 0.481 e. The lowest BCUT2D eigenvalue weighted by molar-refractivity contribution is -0.137. The van der Waals surface area contributed by atoms with E-state index < -0.39 is 5.97 Å². The second-order valence-electron chi connectivity index (χ2n) is 6.43. The maximum absolute atomic E-state index is 12.4. The first-order chi connectivity index (χ1) is 10.0. The Bertz CT molecular complexity index is 583. The van der Waals surface area contributed by atoms with E-state index in [0.717, 1.165) is 25.7 Å². The maximum Gasteiger partial charge on any atom is 0.305 e. The molecule has 112 valence electrons. The fourth-order valence-electron chi connectivity index (χ4n) is 3.83. The third-order valence-electron chi connectivity index (χ3n) is 4.88. The molecule has 0 bridgehead atoms. The van der Waals surface area contributed by atoms with Gasteiger partial charge in [0.25, 0.3) is 0 Å². The molecule has 1 spiro atoms. The molecule has 3 rings (SSSR count). The van der Waals surface area contributed by atoms with E-state index in [9.17, 15) is 9.59 Å². The lowest BCUT2D eigenvalue weighted by Crippen LogP contribution is -2.37. The fraction of sp³-hybridized carbons (Fsp3) is 0.529. The van der Waals surface area contributed by atoms with Crippen LogP contribution in [-0.4, -0.2) is 23.0 Å². The van der Waals surface area contributed by atoms with Gasteiger partial charge in [-0.3, -0.25) is 9.59 Å². The summed E-state index contributed by atoms with van der Waals surface area (Å²) >= 11 is 0. The third-order valence-corrected chi connectivity index (χ3v) is 4.88. The number of amides is 1. The Morgan fingerprint density at radius 2 is 2.19 bits per heavy atom. The van der Waals surface area contributed by atoms with Crippen LogP contribution in [0.1, 0.15) is 43.7 Å². The highest BCUT2D eigenvalue weighted by Gasteiger charge is 2.60. The van der Waals surface area contributed by atoms with Crippen LogP contribution in [0, 0.1) is 5.92 Å². The summed E-state index contributed by atoms with van der Waals surface area (Å²) in [5.74, 6) is -0.855. The molecule has 3 atom stereocenters. The Hall–Kier alpha value is -1.84. The van der Waals surface area contributed by atoms with Gasteiger partial charge in [0, 0.05) is 17.4 Å². The van der Waals surface area contributed by atoms with E-state index in [-0.39, 0.29) is 29.7 Å². The molecule has 1 saturated carbocycles. The third kappa shape index (κ3) is 2.55. The number of carboxylic acid groups (broad SMARTS) is 1. The standard InChI is InChI=1S/C17H21NO3/c1-11(9-15(19)20)18-16(21)14-10-17(14)8-4-6-12-5-2-3-7-13(12)17/h2-3,5,7,11,14H,4,6,8-10H2,1H3,(H,18,21)(H,19,20). The lowest BCUT2D eigenvalue weighted by atomic mass is 9.78. The number of carboxylic acids is 1. The Labute approximate surface area is 124 Å². The van der Waals surface area contributed by atoms with Gasteiger partial charge in [-0.05, 0) is 43.7 Å². The fourth-order valence-corrected chi connectivity index (χ4v) is 3.83. The van der Waals surface area contributed by atoms with Crippen LogP contribution in [-0.2, 0) is 21.4 Å². The molecule has 2 aliphatic carbocycles. The van der Waals surface area contributed by atoms with Crippen molar-refractivity contribution < 1.29 is 14.7 Å². The molecule has 1 aromatic rings. The highest BCUT2D eigenvalue weighted by molar-refractivity contribution is 5.85. The molecule has 1 aromatic carbocycles. The second-order valence-corrected chi connectivity index (χ2v) is 6.43. The van der Waals surface area contributed by atoms with Crippen molar-refractivity contribution in [3.63, 3.8) is 0 Å². The number of nitrogens with one attached hydrogen (secondary N) is 1. The van der Waals surface area contributed by atoms with Crippen molar-refractivity contribution in [1.29, 1.82) is 0 Å². The van der Waals surface area contributed by atoms with Gasteiger partial charge in [0.2, 0.25) is 5.91 Å².